The van der Waals surface area contributed by atoms with Gasteiger partial charge < -0.3 is 4.74 Å². The zero-order chi connectivity index (χ0) is 17.5. The molecule has 1 aliphatic rings. The van der Waals surface area contributed by atoms with Crippen LogP contribution in [-0.2, 0) is 45.7 Å². The summed E-state index contributed by atoms with van der Waals surface area (Å²) in [7, 11) is 1.85. The van der Waals surface area contributed by atoms with Crippen molar-refractivity contribution in [1.29, 1.82) is 0 Å². The van der Waals surface area contributed by atoms with Crippen LogP contribution in [0.1, 0.15) is 24.9 Å². The maximum Gasteiger partial charge on any atom is 0 e. The number of esters is 1. The van der Waals surface area contributed by atoms with E-state index in [0.29, 0.717) is 6.42 Å². The smallest absolute Gasteiger partial charge is 0 e. The van der Waals surface area contributed by atoms with Crippen LogP contribution in [-0.4, -0.2) is 24.4 Å². The fourth-order valence-electron chi connectivity index (χ4n) is 1.91. The number of carbonyl (C=O) groups excluding carboxylic acids is 1. The van der Waals surface area contributed by atoms with Gasteiger partial charge in [-0.1, -0.05) is 30.3 Å². The Morgan fingerprint density at radius 2 is 1.65 bits per heavy atom. The van der Waals surface area contributed by atoms with Gasteiger partial charge in [-0.05, 0) is 5.56 Å². The number of ether oxygens (including phenoxy) is 1. The van der Waals surface area contributed by atoms with Gasteiger partial charge in [0.25, 0.3) is 0 Å². The Hall–Kier alpha value is -1.64. The molecule has 1 heterocycles. The first-order chi connectivity index (χ1) is 10.7. The van der Waals surface area contributed by atoms with Crippen LogP contribution in [0.2, 0.25) is 0 Å². The first-order valence-electron chi connectivity index (χ1n) is 5.90. The zero-order valence-electron chi connectivity index (χ0n) is 12.6. The summed E-state index contributed by atoms with van der Waals surface area (Å²) >= 11 is 0. The van der Waals surface area contributed by atoms with Gasteiger partial charge in [0.05, 0.1) is 6.04 Å². The molecule has 7 nitrogen and oxygen atoms in total. The van der Waals surface area contributed by atoms with E-state index < -0.39 is 6.29 Å². The van der Waals surface area contributed by atoms with Crippen molar-refractivity contribution in [2.24, 2.45) is 0 Å². The fourth-order valence-corrected chi connectivity index (χ4v) is 1.91. The third-order valence-corrected chi connectivity index (χ3v) is 2.62. The van der Waals surface area contributed by atoms with Crippen molar-refractivity contribution in [3.8, 4) is 0 Å². The van der Waals surface area contributed by atoms with Crippen molar-refractivity contribution in [2.75, 3.05) is 7.05 Å². The molecule has 122 valence electrons. The molecule has 2 atom stereocenters. The zero-order valence-corrected chi connectivity index (χ0v) is 13.8. The van der Waals surface area contributed by atoms with E-state index in [1.54, 1.807) is 5.06 Å². The van der Waals surface area contributed by atoms with E-state index in [9.17, 15) is 4.79 Å². The van der Waals surface area contributed by atoms with Gasteiger partial charge in [0.2, 0.25) is 6.29 Å². The minimum atomic E-state index is -0.465. The summed E-state index contributed by atoms with van der Waals surface area (Å²) in [4.78, 5) is 16.3. The van der Waals surface area contributed by atoms with Gasteiger partial charge in [-0.15, -0.1) is 0 Å². The van der Waals surface area contributed by atoms with E-state index in [1.807, 2.05) is 37.4 Å². The van der Waals surface area contributed by atoms with Crippen molar-refractivity contribution in [3.63, 3.8) is 0 Å². The molecule has 0 spiro atoms. The molecule has 1 saturated heterocycles. The topological polar surface area (TPSA) is 98.5 Å². The monoisotopic (exact) mass is 357 g/mol. The minimum absolute atomic E-state index is 0. The molecular formula is C15H15CrNO6. The molecule has 0 radical (unpaired) electrons. The number of hydroxylamine groups is 2. The summed E-state index contributed by atoms with van der Waals surface area (Å²) in [6.45, 7) is 14.9. The Morgan fingerprint density at radius 3 is 2.09 bits per heavy atom. The second kappa shape index (κ2) is 16.7. The molecule has 2 rings (SSSR count). The summed E-state index contributed by atoms with van der Waals surface area (Å²) < 4.78 is 27.5. The predicted octanol–water partition coefficient (Wildman–Crippen LogP) is 1.77. The number of nitrogens with zero attached hydrogens (tertiary/aromatic N) is 1. The van der Waals surface area contributed by atoms with Crippen molar-refractivity contribution in [1.82, 2.24) is 5.06 Å². The molecular weight excluding hydrogens is 342 g/mol. The number of hydrogen-bond acceptors (Lipinski definition) is 4. The molecule has 1 aliphatic heterocycles. The van der Waals surface area contributed by atoms with Gasteiger partial charge in [0, 0.05) is 37.8 Å². The summed E-state index contributed by atoms with van der Waals surface area (Å²) in [6, 6.07) is 10.2. The fraction of sp³-hybridized carbons (Fsp3) is 0.333. The van der Waals surface area contributed by atoms with E-state index in [-0.39, 0.29) is 29.4 Å². The first kappa shape index (κ1) is 26.3. The molecule has 0 aromatic heterocycles. The van der Waals surface area contributed by atoms with Crippen molar-refractivity contribution < 1.29 is 45.7 Å². The molecule has 23 heavy (non-hydrogen) atoms. The van der Waals surface area contributed by atoms with Gasteiger partial charge in [-0.3, -0.25) is 9.63 Å². The Bertz CT molecular complexity index is 473. The third-order valence-electron chi connectivity index (χ3n) is 2.62. The Kier molecular flexibility index (Phi) is 19.1. The van der Waals surface area contributed by atoms with E-state index in [4.69, 9.17) is 23.5 Å². The first-order valence-corrected chi connectivity index (χ1v) is 5.90. The van der Waals surface area contributed by atoms with Crippen LogP contribution in [0.5, 0.6) is 0 Å². The minimum Gasteiger partial charge on any atom is 0 e. The maximum absolute atomic E-state index is 10.8. The number of hydrogen-bond donors (Lipinski definition) is 0. The molecule has 0 unspecified atom stereocenters. The Labute approximate surface area is 145 Å². The SMILES string of the molecule is CC(=O)O[C@H]1C[C@@H](c2ccccc2)N(C)O1.[C-]#[O+].[C-]#[O+].[C-]#[O+].[Cr]. The van der Waals surface area contributed by atoms with Crippen LogP contribution in [0.15, 0.2) is 30.3 Å². The molecule has 0 amide bonds. The maximum atomic E-state index is 10.8. The van der Waals surface area contributed by atoms with E-state index in [0.717, 1.165) is 0 Å². The van der Waals surface area contributed by atoms with Crippen LogP contribution in [0.25, 0.3) is 0 Å². The van der Waals surface area contributed by atoms with Gasteiger partial charge in [0.15, 0.2) is 0 Å². The van der Waals surface area contributed by atoms with E-state index in [1.165, 1.54) is 12.5 Å². The Morgan fingerprint density at radius 1 is 1.17 bits per heavy atom. The number of benzene rings is 1. The summed E-state index contributed by atoms with van der Waals surface area (Å²) in [5.74, 6) is -0.313. The van der Waals surface area contributed by atoms with Crippen LogP contribution in [0.3, 0.4) is 0 Å². The molecule has 1 aromatic carbocycles. The number of carbonyl (C=O) groups is 1. The van der Waals surface area contributed by atoms with E-state index in [2.05, 4.69) is 20.0 Å². The number of rotatable bonds is 2. The average molecular weight is 357 g/mol. The summed E-state index contributed by atoms with van der Waals surface area (Å²) in [6.07, 6.45) is 0.202. The molecule has 1 aromatic rings. The second-order valence-corrected chi connectivity index (χ2v) is 3.85. The van der Waals surface area contributed by atoms with E-state index >= 15 is 0 Å². The van der Waals surface area contributed by atoms with Gasteiger partial charge in [-0.2, -0.15) is 5.06 Å². The molecule has 8 heteroatoms. The van der Waals surface area contributed by atoms with Crippen LogP contribution >= 0.6 is 0 Å². The molecule has 0 aliphatic carbocycles. The average Bonchev–Trinajstić information content (AvgIpc) is 2.93. The standard InChI is InChI=1S/C12H15NO3.3CO.Cr/c1-9(14)15-12-8-11(13(2)16-12)10-6-4-3-5-7-10;3*1-2;/h3-7,11-12H,8H2,1-2H3;;;;/t11-,12+;;;;/m0..../s1. The van der Waals surface area contributed by atoms with Crippen molar-refractivity contribution >= 4 is 5.97 Å². The summed E-state index contributed by atoms with van der Waals surface area (Å²) in [5, 5.41) is 1.74. The van der Waals surface area contributed by atoms with Crippen LogP contribution in [0, 0.1) is 20.0 Å². The van der Waals surface area contributed by atoms with Crippen molar-refractivity contribution in [2.45, 2.75) is 25.7 Å². The molecule has 0 N–H and O–H groups in total. The molecule has 0 saturated carbocycles. The van der Waals surface area contributed by atoms with Gasteiger partial charge in [-0.25, -0.2) is 0 Å². The Balaban J connectivity index is -0.000000514. The summed E-state index contributed by atoms with van der Waals surface area (Å²) in [5.41, 5.74) is 1.17. The normalized spacial score (nSPS) is 18.1. The quantitative estimate of drug-likeness (QED) is 0.457. The molecule has 1 fully saturated rings. The predicted molar refractivity (Wildman–Crippen MR) is 70.0 cm³/mol. The van der Waals surface area contributed by atoms with Gasteiger partial charge >= 0.3 is 39.9 Å². The third kappa shape index (κ3) is 9.88. The van der Waals surface area contributed by atoms with Gasteiger partial charge in [0.1, 0.15) is 0 Å². The van der Waals surface area contributed by atoms with Crippen LogP contribution in [0.4, 0.5) is 0 Å². The second-order valence-electron chi connectivity index (χ2n) is 3.85. The molecule has 0 bridgehead atoms. The largest absolute Gasteiger partial charge is 0 e. The van der Waals surface area contributed by atoms with Crippen molar-refractivity contribution in [3.05, 3.63) is 55.8 Å². The van der Waals surface area contributed by atoms with Crippen LogP contribution < -0.4 is 0 Å².